The second-order valence-electron chi connectivity index (χ2n) is 16.9. The smallest absolute Gasteiger partial charge is 0.435 e. The number of halogens is 27. The molecular formula is C44H31F27N2O8. The Kier molecular flexibility index (Phi) is 18.8. The van der Waals surface area contributed by atoms with E-state index in [1.165, 1.54) is 0 Å². The van der Waals surface area contributed by atoms with E-state index in [4.69, 9.17) is 9.47 Å². The number of alkyl halides is 27. The molecule has 10 nitrogen and oxygen atoms in total. The van der Waals surface area contributed by atoms with Crippen molar-refractivity contribution in [1.82, 2.24) is 5.32 Å². The molecule has 0 bridgehead atoms. The first kappa shape index (κ1) is 67.1. The predicted octanol–water partition coefficient (Wildman–Crippen LogP) is 13.2. The van der Waals surface area contributed by atoms with E-state index in [2.05, 4.69) is 20.8 Å². The highest BCUT2D eigenvalue weighted by molar-refractivity contribution is 5.95. The van der Waals surface area contributed by atoms with Gasteiger partial charge in [-0.3, -0.25) is 4.79 Å². The van der Waals surface area contributed by atoms with Gasteiger partial charge in [0.05, 0.1) is 31.7 Å². The van der Waals surface area contributed by atoms with Crippen LogP contribution >= 0.6 is 0 Å². The lowest BCUT2D eigenvalue weighted by Crippen LogP contribution is -2.71. The first-order chi connectivity index (χ1) is 36.5. The predicted molar refractivity (Wildman–Crippen MR) is 215 cm³/mol. The summed E-state index contributed by atoms with van der Waals surface area (Å²) in [7, 11) is 0. The minimum atomic E-state index is -8.16. The van der Waals surface area contributed by atoms with Crippen LogP contribution < -0.4 is 10.6 Å². The van der Waals surface area contributed by atoms with Crippen LogP contribution in [0.4, 0.5) is 129 Å². The van der Waals surface area contributed by atoms with Crippen molar-refractivity contribution in [1.29, 1.82) is 0 Å². The topological polar surface area (TPSA) is 121 Å². The monoisotopic (exact) mass is 1230 g/mol. The Morgan fingerprint density at radius 3 is 1.14 bits per heavy atom. The molecule has 454 valence electrons. The molecule has 0 saturated carbocycles. The van der Waals surface area contributed by atoms with Crippen molar-refractivity contribution >= 4 is 23.7 Å². The van der Waals surface area contributed by atoms with E-state index in [-0.39, 0.29) is 12.1 Å². The van der Waals surface area contributed by atoms with Crippen molar-refractivity contribution in [3.05, 3.63) is 102 Å². The van der Waals surface area contributed by atoms with Crippen LogP contribution in [-0.4, -0.2) is 129 Å². The molecule has 0 unspecified atom stereocenters. The Balaban J connectivity index is 1.90. The molecule has 2 N–H and O–H groups in total. The van der Waals surface area contributed by atoms with Crippen molar-refractivity contribution in [2.75, 3.05) is 38.4 Å². The molecule has 1 atom stereocenters. The third-order valence-electron chi connectivity index (χ3n) is 11.7. The van der Waals surface area contributed by atoms with Crippen LogP contribution in [0.1, 0.15) is 29.0 Å². The zero-order valence-corrected chi connectivity index (χ0v) is 39.1. The quantitative estimate of drug-likeness (QED) is 0.0692. The lowest BCUT2D eigenvalue weighted by molar-refractivity contribution is -0.470. The average molecular weight is 1230 g/mol. The van der Waals surface area contributed by atoms with E-state index in [1.54, 1.807) is 53.8 Å². The molecule has 2 amide bonds. The van der Waals surface area contributed by atoms with E-state index >= 15 is 0 Å². The standard InChI is InChI=1S/C44H31F27N2O8/c1-2-15-77-30(75)28(73-31(76)78-17-27-25-9-5-3-7-23(25)24-8-4-6-10-26(24)27)16-29(74)72-22-13-11-21(12-14-22)32(18-79-33(36(45,46)47,37(48,49)50)38(51,52)53,19-80-34(39(54,55)56,40(57,58)59)41(60,61)62)20-81-35(42(63,64)65,43(66,67)68)44(69,70)71/h2-14,27-28H,1,15-20H2,(H,72,74)(H,73,76)/t28-/m0/s1. The van der Waals surface area contributed by atoms with Gasteiger partial charge in [0.2, 0.25) is 5.91 Å². The summed E-state index contributed by atoms with van der Waals surface area (Å²) in [4.78, 5) is 39.2. The van der Waals surface area contributed by atoms with Crippen LogP contribution in [0.3, 0.4) is 0 Å². The third kappa shape index (κ3) is 13.0. The number of fused-ring (bicyclic) bond motifs is 3. The molecule has 0 radical (unpaired) electrons. The molecular weight excluding hydrogens is 1200 g/mol. The van der Waals surface area contributed by atoms with Crippen molar-refractivity contribution in [2.24, 2.45) is 0 Å². The number of alkyl carbamates (subject to hydrolysis) is 1. The van der Waals surface area contributed by atoms with E-state index in [0.717, 1.165) is 17.2 Å². The summed E-state index contributed by atoms with van der Waals surface area (Å²) < 4.78 is 398. The zero-order chi connectivity index (χ0) is 62.2. The van der Waals surface area contributed by atoms with Gasteiger partial charge in [0.15, 0.2) is 0 Å². The maximum Gasteiger partial charge on any atom is 0.435 e. The van der Waals surface area contributed by atoms with Gasteiger partial charge in [-0.05, 0) is 39.9 Å². The minimum absolute atomic E-state index is 0.106. The Hall–Kier alpha value is -6.40. The Labute approximate surface area is 433 Å². The molecule has 0 spiro atoms. The number of esters is 1. The zero-order valence-electron chi connectivity index (χ0n) is 39.1. The van der Waals surface area contributed by atoms with Crippen molar-refractivity contribution in [3.63, 3.8) is 0 Å². The highest BCUT2D eigenvalue weighted by Crippen LogP contribution is 2.60. The summed E-state index contributed by atoms with van der Waals surface area (Å²) in [5.74, 6) is -3.79. The third-order valence-corrected chi connectivity index (χ3v) is 11.7. The number of carbonyl (C=O) groups is 3. The number of rotatable bonds is 19. The number of nitrogens with one attached hydrogen (secondary N) is 2. The maximum atomic E-state index is 14.1. The first-order valence-electron chi connectivity index (χ1n) is 21.4. The summed E-state index contributed by atoms with van der Waals surface area (Å²) in [5, 5.41) is 3.61. The highest BCUT2D eigenvalue weighted by atomic mass is 19.5. The Morgan fingerprint density at radius 1 is 0.481 bits per heavy atom. The fourth-order valence-electron chi connectivity index (χ4n) is 7.82. The highest BCUT2D eigenvalue weighted by Gasteiger charge is 2.89. The van der Waals surface area contributed by atoms with Gasteiger partial charge < -0.3 is 34.3 Å². The molecule has 0 fully saturated rings. The summed E-state index contributed by atoms with van der Waals surface area (Å²) >= 11 is 0. The van der Waals surface area contributed by atoms with E-state index in [9.17, 15) is 133 Å². The van der Waals surface area contributed by atoms with Gasteiger partial charge in [-0.25, -0.2) is 9.59 Å². The SMILES string of the molecule is C=CCOC(=O)[C@H](CC(=O)Nc1ccc(C(COC(C(F)(F)F)(C(F)(F)F)C(F)(F)F)(COC(C(F)(F)F)(C(F)(F)F)C(F)(F)F)COC(C(F)(F)F)(C(F)(F)F)C(F)(F)F)cc1)NC(=O)OCC1c2ccccc2-c2ccccc21. The number of amides is 2. The Bertz CT molecular complexity index is 2420. The fraction of sp³-hybridized carbons (Fsp3) is 0.477. The second kappa shape index (κ2) is 22.7. The fourth-order valence-corrected chi connectivity index (χ4v) is 7.82. The lowest BCUT2D eigenvalue weighted by Gasteiger charge is -2.45. The molecule has 3 aromatic carbocycles. The van der Waals surface area contributed by atoms with Crippen molar-refractivity contribution < 1.29 is 157 Å². The lowest BCUT2D eigenvalue weighted by atomic mass is 9.81. The molecule has 81 heavy (non-hydrogen) atoms. The largest absolute Gasteiger partial charge is 0.460 e. The van der Waals surface area contributed by atoms with Gasteiger partial charge in [-0.1, -0.05) is 73.3 Å². The molecule has 0 saturated heterocycles. The van der Waals surface area contributed by atoms with Gasteiger partial charge in [0.25, 0.3) is 0 Å². The summed E-state index contributed by atoms with van der Waals surface area (Å²) in [5.41, 5.74) is -30.3. The van der Waals surface area contributed by atoms with Gasteiger partial charge in [0, 0.05) is 11.6 Å². The summed E-state index contributed by atoms with van der Waals surface area (Å²) in [6.07, 6.45) is -75.4. The molecule has 4 rings (SSSR count). The van der Waals surface area contributed by atoms with Gasteiger partial charge in [-0.15, -0.1) is 0 Å². The van der Waals surface area contributed by atoms with Gasteiger partial charge in [0.1, 0.15) is 19.3 Å². The van der Waals surface area contributed by atoms with Crippen LogP contribution in [0.15, 0.2) is 85.5 Å². The number of benzene rings is 3. The maximum absolute atomic E-state index is 14.1. The minimum Gasteiger partial charge on any atom is -0.460 e. The van der Waals surface area contributed by atoms with Gasteiger partial charge >= 0.3 is 84.5 Å². The van der Waals surface area contributed by atoms with Crippen molar-refractivity contribution in [3.8, 4) is 11.1 Å². The van der Waals surface area contributed by atoms with Crippen LogP contribution in [0.2, 0.25) is 0 Å². The van der Waals surface area contributed by atoms with Crippen molar-refractivity contribution in [2.45, 2.75) is 96.2 Å². The van der Waals surface area contributed by atoms with E-state index < -0.39 is 171 Å². The van der Waals surface area contributed by atoms with Gasteiger partial charge in [-0.2, -0.15) is 119 Å². The first-order valence-corrected chi connectivity index (χ1v) is 21.4. The molecule has 37 heteroatoms. The normalized spacial score (nSPS) is 15.1. The van der Waals surface area contributed by atoms with Crippen LogP contribution in [0.25, 0.3) is 11.1 Å². The average Bonchev–Trinajstić information content (AvgIpc) is 3.77. The van der Waals surface area contributed by atoms with E-state index in [1.807, 2.05) is 5.32 Å². The number of ether oxygens (including phenoxy) is 5. The van der Waals surface area contributed by atoms with Crippen LogP contribution in [-0.2, 0) is 38.7 Å². The second-order valence-corrected chi connectivity index (χ2v) is 16.9. The molecule has 0 aromatic heterocycles. The number of carbonyl (C=O) groups excluding carboxylic acids is 3. The number of hydrogen-bond acceptors (Lipinski definition) is 8. The molecule has 0 heterocycles. The Morgan fingerprint density at radius 2 is 0.815 bits per heavy atom. The molecule has 0 aliphatic heterocycles. The van der Waals surface area contributed by atoms with Crippen LogP contribution in [0.5, 0.6) is 0 Å². The van der Waals surface area contributed by atoms with Crippen LogP contribution in [0, 0.1) is 0 Å². The number of anilines is 1. The van der Waals surface area contributed by atoms with E-state index in [0.29, 0.717) is 11.1 Å². The summed E-state index contributed by atoms with van der Waals surface area (Å²) in [6.45, 7) is -10.3. The molecule has 3 aromatic rings. The molecule has 1 aliphatic carbocycles. The number of hydrogen-bond donors (Lipinski definition) is 2. The summed E-state index contributed by atoms with van der Waals surface area (Å²) in [6, 6.07) is 10.1. The molecule has 1 aliphatic rings.